The first-order chi connectivity index (χ1) is 20.5. The molecular formula is C33H35N5O4S. The molecule has 43 heavy (non-hydrogen) atoms. The van der Waals surface area contributed by atoms with Gasteiger partial charge in [-0.25, -0.2) is 18.1 Å². The second-order valence-corrected chi connectivity index (χ2v) is 13.5. The predicted octanol–water partition coefficient (Wildman–Crippen LogP) is 5.56. The SMILES string of the molecule is Cc1cccc(C)c1-c1cc2nc(n1)NS(=O)(=O)c1cccc(c1)NC(=O)C1CC(O2)C(C)(C)N(Cc2ccccc2)C1. The number of hydrogen-bond donors (Lipinski definition) is 2. The van der Waals surface area contributed by atoms with Crippen LogP contribution in [0.1, 0.15) is 37.0 Å². The lowest BCUT2D eigenvalue weighted by Gasteiger charge is -2.49. The van der Waals surface area contributed by atoms with E-state index in [-0.39, 0.29) is 22.6 Å². The second kappa shape index (κ2) is 11.1. The fourth-order valence-electron chi connectivity index (χ4n) is 5.97. The van der Waals surface area contributed by atoms with Crippen molar-refractivity contribution in [1.82, 2.24) is 14.9 Å². The zero-order valence-corrected chi connectivity index (χ0v) is 25.5. The summed E-state index contributed by atoms with van der Waals surface area (Å²) in [4.78, 5) is 25.1. The molecule has 2 aliphatic heterocycles. The first-order valence-corrected chi connectivity index (χ1v) is 15.8. The summed E-state index contributed by atoms with van der Waals surface area (Å²) in [7, 11) is -4.08. The van der Waals surface area contributed by atoms with Gasteiger partial charge in [0.25, 0.3) is 10.0 Å². The number of carbonyl (C=O) groups excluding carboxylic acids is 1. The number of fused-ring (bicyclic) bond motifs is 6. The highest BCUT2D eigenvalue weighted by Gasteiger charge is 2.46. The maximum atomic E-state index is 13.7. The lowest BCUT2D eigenvalue weighted by molar-refractivity contribution is -0.128. The molecular weight excluding hydrogens is 562 g/mol. The highest BCUT2D eigenvalue weighted by Crippen LogP contribution is 2.37. The largest absolute Gasteiger partial charge is 0.472 e. The van der Waals surface area contributed by atoms with Gasteiger partial charge >= 0.3 is 0 Å². The Morgan fingerprint density at radius 3 is 2.42 bits per heavy atom. The highest BCUT2D eigenvalue weighted by atomic mass is 32.2. The Hall–Kier alpha value is -4.28. The number of aryl methyl sites for hydroxylation is 2. The quantitative estimate of drug-likeness (QED) is 0.318. The monoisotopic (exact) mass is 597 g/mol. The van der Waals surface area contributed by atoms with Crippen molar-refractivity contribution in [2.24, 2.45) is 5.92 Å². The van der Waals surface area contributed by atoms with Crippen LogP contribution in [0.3, 0.4) is 0 Å². The van der Waals surface area contributed by atoms with Gasteiger partial charge in [-0.3, -0.25) is 9.69 Å². The Morgan fingerprint density at radius 2 is 1.67 bits per heavy atom. The molecule has 1 amide bonds. The molecule has 0 radical (unpaired) electrons. The molecule has 3 aromatic carbocycles. The Balaban J connectivity index is 1.50. The number of benzene rings is 3. The molecule has 9 nitrogen and oxygen atoms in total. The first kappa shape index (κ1) is 28.8. The molecule has 2 N–H and O–H groups in total. The minimum atomic E-state index is -4.08. The van der Waals surface area contributed by atoms with Crippen molar-refractivity contribution in [3.05, 3.63) is 95.6 Å². The number of nitrogens with one attached hydrogen (secondary N) is 2. The molecule has 6 rings (SSSR count). The van der Waals surface area contributed by atoms with Crippen molar-refractivity contribution in [3.63, 3.8) is 0 Å². The number of amides is 1. The van der Waals surface area contributed by atoms with E-state index in [4.69, 9.17) is 4.74 Å². The average Bonchev–Trinajstić information content (AvgIpc) is 2.95. The molecule has 2 aliphatic rings. The Kier molecular flexibility index (Phi) is 7.43. The van der Waals surface area contributed by atoms with E-state index in [0.717, 1.165) is 22.3 Å². The van der Waals surface area contributed by atoms with Gasteiger partial charge < -0.3 is 10.1 Å². The number of aromatic nitrogens is 2. The molecule has 1 aromatic heterocycles. The number of hydrogen-bond acceptors (Lipinski definition) is 7. The van der Waals surface area contributed by atoms with Crippen LogP contribution in [0.15, 0.2) is 83.8 Å². The lowest BCUT2D eigenvalue weighted by atomic mass is 9.81. The molecule has 0 aliphatic carbocycles. The van der Waals surface area contributed by atoms with E-state index in [1.165, 1.54) is 12.1 Å². The van der Waals surface area contributed by atoms with Gasteiger partial charge in [-0.1, -0.05) is 54.6 Å². The van der Waals surface area contributed by atoms with Gasteiger partial charge in [-0.15, -0.1) is 0 Å². The summed E-state index contributed by atoms with van der Waals surface area (Å²) >= 11 is 0. The zero-order valence-electron chi connectivity index (χ0n) is 24.7. The number of ether oxygens (including phenoxy) is 1. The minimum Gasteiger partial charge on any atom is -0.472 e. The fraction of sp³-hybridized carbons (Fsp3) is 0.303. The van der Waals surface area contributed by atoms with Crippen LogP contribution < -0.4 is 14.8 Å². The summed E-state index contributed by atoms with van der Waals surface area (Å²) in [5.41, 5.74) is 4.44. The van der Waals surface area contributed by atoms with Crippen LogP contribution in [0, 0.1) is 19.8 Å². The smallest absolute Gasteiger partial charge is 0.264 e. The maximum Gasteiger partial charge on any atom is 0.264 e. The summed E-state index contributed by atoms with van der Waals surface area (Å²) < 4.78 is 36.1. The first-order valence-electron chi connectivity index (χ1n) is 14.3. The van der Waals surface area contributed by atoms with Crippen molar-refractivity contribution in [1.29, 1.82) is 0 Å². The zero-order chi connectivity index (χ0) is 30.4. The van der Waals surface area contributed by atoms with Crippen molar-refractivity contribution >= 4 is 27.6 Å². The fourth-order valence-corrected chi connectivity index (χ4v) is 6.96. The van der Waals surface area contributed by atoms with Crippen LogP contribution in [-0.4, -0.2) is 47.4 Å². The summed E-state index contributed by atoms with van der Waals surface area (Å²) in [6.07, 6.45) is 0.00769. The van der Waals surface area contributed by atoms with E-state index < -0.39 is 27.6 Å². The van der Waals surface area contributed by atoms with E-state index in [1.807, 2.05) is 50.2 Å². The van der Waals surface area contributed by atoms with Gasteiger partial charge in [0.05, 0.1) is 22.0 Å². The Bertz CT molecular complexity index is 1770. The summed E-state index contributed by atoms with van der Waals surface area (Å²) in [6.45, 7) is 9.34. The van der Waals surface area contributed by atoms with Gasteiger partial charge in [0, 0.05) is 30.4 Å². The van der Waals surface area contributed by atoms with Crippen molar-refractivity contribution in [2.45, 2.75) is 57.2 Å². The lowest BCUT2D eigenvalue weighted by Crippen LogP contribution is -2.61. The van der Waals surface area contributed by atoms with E-state index in [1.54, 1.807) is 18.2 Å². The van der Waals surface area contributed by atoms with Gasteiger partial charge in [0.1, 0.15) is 6.10 Å². The van der Waals surface area contributed by atoms with Crippen molar-refractivity contribution in [2.75, 3.05) is 16.6 Å². The molecule has 2 atom stereocenters. The van der Waals surface area contributed by atoms with Crippen molar-refractivity contribution in [3.8, 4) is 17.1 Å². The van der Waals surface area contributed by atoms with Gasteiger partial charge in [0.15, 0.2) is 0 Å². The number of anilines is 2. The molecule has 0 spiro atoms. The van der Waals surface area contributed by atoms with E-state index in [0.29, 0.717) is 30.9 Å². The molecule has 0 saturated carbocycles. The molecule has 10 heteroatoms. The Morgan fingerprint density at radius 1 is 0.953 bits per heavy atom. The van der Waals surface area contributed by atoms with Crippen LogP contribution >= 0.6 is 0 Å². The molecule has 222 valence electrons. The maximum absolute atomic E-state index is 13.7. The van der Waals surface area contributed by atoms with Crippen LogP contribution in [0.5, 0.6) is 5.88 Å². The number of piperidine rings is 1. The van der Waals surface area contributed by atoms with Crippen LogP contribution in [0.2, 0.25) is 0 Å². The van der Waals surface area contributed by atoms with Crippen LogP contribution in [-0.2, 0) is 21.4 Å². The summed E-state index contributed by atoms with van der Waals surface area (Å²) in [5, 5.41) is 2.95. The van der Waals surface area contributed by atoms with E-state index >= 15 is 0 Å². The number of carbonyl (C=O) groups is 1. The molecule has 4 aromatic rings. The molecule has 3 heterocycles. The van der Waals surface area contributed by atoms with Gasteiger partial charge in [-0.2, -0.15) is 4.98 Å². The third-order valence-corrected chi connectivity index (χ3v) is 9.80. The van der Waals surface area contributed by atoms with E-state index in [2.05, 4.69) is 50.9 Å². The summed E-state index contributed by atoms with van der Waals surface area (Å²) in [5.74, 6) is -0.466. The standard InChI is InChI=1S/C33H35N5O4S/c1-21-10-8-11-22(2)30(21)27-18-29-36-32(35-27)37-43(40,41)26-15-9-14-25(17-26)34-31(39)24-16-28(42-29)33(3,4)38(20-24)19-23-12-6-5-7-13-23/h5-15,17-18,24,28H,16,19-20H2,1-4H3,(H,34,39)(H,35,36,37). The minimum absolute atomic E-state index is 0.0146. The molecule has 1 fully saturated rings. The van der Waals surface area contributed by atoms with Crippen molar-refractivity contribution < 1.29 is 17.9 Å². The predicted molar refractivity (Wildman–Crippen MR) is 166 cm³/mol. The molecule has 2 unspecified atom stereocenters. The highest BCUT2D eigenvalue weighted by molar-refractivity contribution is 7.92. The number of sulfonamides is 1. The van der Waals surface area contributed by atoms with E-state index in [9.17, 15) is 13.2 Å². The third-order valence-electron chi connectivity index (χ3n) is 8.47. The third kappa shape index (κ3) is 5.85. The normalized spacial score (nSPS) is 21.1. The second-order valence-electron chi connectivity index (χ2n) is 11.9. The number of nitrogens with zero attached hydrogens (tertiary/aromatic N) is 3. The van der Waals surface area contributed by atoms with Gasteiger partial charge in [-0.05, 0) is 69.0 Å². The Labute approximate surface area is 252 Å². The number of likely N-dealkylation sites (tertiary alicyclic amines) is 1. The topological polar surface area (TPSA) is 114 Å². The average molecular weight is 598 g/mol. The molecule has 6 bridgehead atoms. The van der Waals surface area contributed by atoms with Crippen LogP contribution in [0.4, 0.5) is 11.6 Å². The molecule has 1 saturated heterocycles. The van der Waals surface area contributed by atoms with Gasteiger partial charge in [0.2, 0.25) is 17.7 Å². The van der Waals surface area contributed by atoms with Crippen LogP contribution in [0.25, 0.3) is 11.3 Å². The summed E-state index contributed by atoms with van der Waals surface area (Å²) in [6, 6.07) is 24.1. The number of rotatable bonds is 3.